The van der Waals surface area contributed by atoms with Crippen LogP contribution in [0.1, 0.15) is 5.56 Å². The second-order valence-corrected chi connectivity index (χ2v) is 4.99. The van der Waals surface area contributed by atoms with Gasteiger partial charge < -0.3 is 14.3 Å². The van der Waals surface area contributed by atoms with E-state index in [0.717, 1.165) is 5.56 Å². The first-order chi connectivity index (χ1) is 5.47. The van der Waals surface area contributed by atoms with Crippen molar-refractivity contribution in [3.05, 3.63) is 29.8 Å². The molecule has 0 heterocycles. The Bertz CT molecular complexity index is 303. The van der Waals surface area contributed by atoms with Crippen molar-refractivity contribution in [1.29, 1.82) is 0 Å². The van der Waals surface area contributed by atoms with Crippen molar-refractivity contribution in [3.63, 3.8) is 0 Å². The van der Waals surface area contributed by atoms with Crippen molar-refractivity contribution in [3.8, 4) is 5.75 Å². The van der Waals surface area contributed by atoms with Gasteiger partial charge in [0.25, 0.3) is 0 Å². The first-order valence-corrected chi connectivity index (χ1v) is 5.92. The second kappa shape index (κ2) is 3.54. The Morgan fingerprint density at radius 2 is 1.75 bits per heavy atom. The quantitative estimate of drug-likeness (QED) is 0.718. The van der Waals surface area contributed by atoms with Crippen LogP contribution < -0.4 is 4.52 Å². The molecule has 0 fully saturated rings. The lowest BCUT2D eigenvalue weighted by atomic mass is 10.2. The summed E-state index contributed by atoms with van der Waals surface area (Å²) in [5.41, 5.74) is 1.08. The summed E-state index contributed by atoms with van der Waals surface area (Å²) in [4.78, 5) is 17.6. The maximum Gasteiger partial charge on any atom is 0.375 e. The van der Waals surface area contributed by atoms with Crippen LogP contribution in [-0.2, 0) is 11.8 Å². The van der Waals surface area contributed by atoms with E-state index >= 15 is 0 Å². The lowest BCUT2D eigenvalue weighted by Gasteiger charge is -2.09. The predicted octanol–water partition coefficient (Wildman–Crippen LogP) is 1.58. The Morgan fingerprint density at radius 1 is 1.25 bits per heavy atom. The summed E-state index contributed by atoms with van der Waals surface area (Å²) in [6.45, 7) is -1.64. The molecule has 0 aliphatic carbocycles. The molecule has 0 saturated heterocycles. The molecule has 66 valence electrons. The Hall–Kier alpha value is -0.410. The van der Waals surface area contributed by atoms with Gasteiger partial charge in [-0.3, -0.25) is 0 Å². The van der Waals surface area contributed by atoms with E-state index in [1.165, 1.54) is 0 Å². The van der Waals surface area contributed by atoms with Crippen LogP contribution in [0.25, 0.3) is 0 Å². The molecule has 1 rings (SSSR count). The third-order valence-electron chi connectivity index (χ3n) is 1.25. The maximum atomic E-state index is 8.80. The minimum Gasteiger partial charge on any atom is -0.424 e. The highest BCUT2D eigenvalue weighted by Crippen LogP contribution is 2.37. The summed E-state index contributed by atoms with van der Waals surface area (Å²) >= 11 is 4.30. The molecule has 0 amide bonds. The van der Waals surface area contributed by atoms with Gasteiger partial charge in [0.1, 0.15) is 5.75 Å². The molecular weight excluding hydrogens is 195 g/mol. The topological polar surface area (TPSA) is 49.7 Å². The molecule has 0 unspecified atom stereocenters. The van der Waals surface area contributed by atoms with Crippen LogP contribution in [0.2, 0.25) is 0 Å². The van der Waals surface area contributed by atoms with Crippen molar-refractivity contribution < 1.29 is 14.3 Å². The lowest BCUT2D eigenvalue weighted by Crippen LogP contribution is -1.89. The second-order valence-electron chi connectivity index (χ2n) is 2.39. The average Bonchev–Trinajstić information content (AvgIpc) is 1.91. The zero-order chi connectivity index (χ0) is 9.19. The SMILES string of the molecule is Cc1ccc(OP(O)(O)=S)cc1. The van der Waals surface area contributed by atoms with Crippen LogP contribution in [0.4, 0.5) is 0 Å². The van der Waals surface area contributed by atoms with E-state index in [1.54, 1.807) is 24.3 Å². The smallest absolute Gasteiger partial charge is 0.375 e. The average molecular weight is 204 g/mol. The molecule has 0 saturated carbocycles. The van der Waals surface area contributed by atoms with Crippen molar-refractivity contribution in [1.82, 2.24) is 0 Å². The normalized spacial score (nSPS) is 11.2. The van der Waals surface area contributed by atoms with Gasteiger partial charge in [0.05, 0.1) is 0 Å². The third kappa shape index (κ3) is 3.32. The standard InChI is InChI=1S/C7H9O3PS/c1-6-2-4-7(5-3-6)10-11(8,9)12/h2-5H,1H3,(H2,8,9,12). The van der Waals surface area contributed by atoms with Gasteiger partial charge >= 0.3 is 6.72 Å². The molecule has 0 aliphatic rings. The van der Waals surface area contributed by atoms with Gasteiger partial charge in [-0.15, -0.1) is 0 Å². The van der Waals surface area contributed by atoms with E-state index in [4.69, 9.17) is 14.3 Å². The third-order valence-corrected chi connectivity index (χ3v) is 1.92. The van der Waals surface area contributed by atoms with E-state index in [1.807, 2.05) is 6.92 Å². The molecule has 0 bridgehead atoms. The fourth-order valence-electron chi connectivity index (χ4n) is 0.736. The number of hydrogen-bond donors (Lipinski definition) is 2. The molecule has 1 aromatic rings. The minimum absolute atomic E-state index is 0.383. The maximum absolute atomic E-state index is 8.80. The highest BCUT2D eigenvalue weighted by Gasteiger charge is 2.08. The Labute approximate surface area is 75.9 Å². The molecule has 2 N–H and O–H groups in total. The van der Waals surface area contributed by atoms with Crippen molar-refractivity contribution in [2.75, 3.05) is 0 Å². The number of aryl methyl sites for hydroxylation is 1. The minimum atomic E-state index is -3.57. The van der Waals surface area contributed by atoms with E-state index < -0.39 is 6.72 Å². The number of benzene rings is 1. The summed E-state index contributed by atoms with van der Waals surface area (Å²) in [7, 11) is 0. The Kier molecular flexibility index (Phi) is 2.85. The first kappa shape index (κ1) is 9.68. The molecule has 5 heteroatoms. The predicted molar refractivity (Wildman–Crippen MR) is 50.5 cm³/mol. The highest BCUT2D eigenvalue weighted by atomic mass is 32.5. The van der Waals surface area contributed by atoms with E-state index in [0.29, 0.717) is 5.75 Å². The van der Waals surface area contributed by atoms with Crippen LogP contribution >= 0.6 is 6.72 Å². The van der Waals surface area contributed by atoms with Crippen LogP contribution in [0.3, 0.4) is 0 Å². The summed E-state index contributed by atoms with van der Waals surface area (Å²) in [5, 5.41) is 0. The van der Waals surface area contributed by atoms with E-state index in [9.17, 15) is 0 Å². The van der Waals surface area contributed by atoms with Crippen molar-refractivity contribution in [2.45, 2.75) is 6.92 Å². The Morgan fingerprint density at radius 3 is 2.17 bits per heavy atom. The van der Waals surface area contributed by atoms with Crippen LogP contribution in [-0.4, -0.2) is 9.79 Å². The lowest BCUT2D eigenvalue weighted by molar-refractivity contribution is 0.370. The van der Waals surface area contributed by atoms with E-state index in [-0.39, 0.29) is 0 Å². The zero-order valence-electron chi connectivity index (χ0n) is 6.47. The van der Waals surface area contributed by atoms with Gasteiger partial charge in [-0.05, 0) is 19.1 Å². The fraction of sp³-hybridized carbons (Fsp3) is 0.143. The molecule has 1 aromatic carbocycles. The van der Waals surface area contributed by atoms with Gasteiger partial charge in [0.2, 0.25) is 0 Å². The number of hydrogen-bond acceptors (Lipinski definition) is 2. The van der Waals surface area contributed by atoms with Gasteiger partial charge in [0, 0.05) is 11.8 Å². The first-order valence-electron chi connectivity index (χ1n) is 3.29. The number of rotatable bonds is 2. The van der Waals surface area contributed by atoms with Crippen LogP contribution in [0.5, 0.6) is 5.75 Å². The Balaban J connectivity index is 2.78. The van der Waals surface area contributed by atoms with Crippen LogP contribution in [0.15, 0.2) is 24.3 Å². The molecule has 0 radical (unpaired) electrons. The monoisotopic (exact) mass is 204 g/mol. The summed E-state index contributed by atoms with van der Waals surface area (Å²) in [5.74, 6) is 0.383. The molecule has 0 aliphatic heterocycles. The van der Waals surface area contributed by atoms with Crippen LogP contribution in [0, 0.1) is 6.92 Å². The molecule has 0 atom stereocenters. The summed E-state index contributed by atoms with van der Waals surface area (Å²) in [6.07, 6.45) is 0. The summed E-state index contributed by atoms with van der Waals surface area (Å²) in [6, 6.07) is 6.90. The van der Waals surface area contributed by atoms with Gasteiger partial charge in [-0.25, -0.2) is 0 Å². The molecule has 0 spiro atoms. The molecular formula is C7H9O3PS. The van der Waals surface area contributed by atoms with Gasteiger partial charge in [0.15, 0.2) is 0 Å². The largest absolute Gasteiger partial charge is 0.424 e. The zero-order valence-corrected chi connectivity index (χ0v) is 8.18. The van der Waals surface area contributed by atoms with Crippen molar-refractivity contribution in [2.24, 2.45) is 0 Å². The fourth-order valence-corrected chi connectivity index (χ4v) is 1.39. The van der Waals surface area contributed by atoms with Gasteiger partial charge in [-0.2, -0.15) is 0 Å². The van der Waals surface area contributed by atoms with Gasteiger partial charge in [-0.1, -0.05) is 17.7 Å². The highest BCUT2D eigenvalue weighted by molar-refractivity contribution is 8.06. The summed E-state index contributed by atoms with van der Waals surface area (Å²) < 4.78 is 4.69. The molecule has 12 heavy (non-hydrogen) atoms. The molecule has 3 nitrogen and oxygen atoms in total. The molecule has 0 aromatic heterocycles. The van der Waals surface area contributed by atoms with E-state index in [2.05, 4.69) is 11.8 Å². The van der Waals surface area contributed by atoms with Crippen molar-refractivity contribution >= 4 is 18.5 Å².